The average molecular weight is 1230 g/mol. The summed E-state index contributed by atoms with van der Waals surface area (Å²) >= 11 is 4.24. The highest BCUT2D eigenvalue weighted by molar-refractivity contribution is 15.0. The van der Waals surface area contributed by atoms with E-state index in [0.717, 1.165) is 42.9 Å². The van der Waals surface area contributed by atoms with Gasteiger partial charge in [0.05, 0.1) is 6.10 Å². The molecule has 372 valence electrons. The second kappa shape index (κ2) is 17.2. The largest absolute Gasteiger partial charge is 0.393 e. The first-order valence-electron chi connectivity index (χ1n) is 27.2. The zero-order chi connectivity index (χ0) is 47.3. The van der Waals surface area contributed by atoms with Gasteiger partial charge in [0.15, 0.2) is 0 Å². The summed E-state index contributed by atoms with van der Waals surface area (Å²) in [5, 5.41) is 10.9. The third kappa shape index (κ3) is 7.79. The Bertz CT molecular complexity index is 1910. The molecule has 0 aromatic rings. The number of hydrogen-bond donors (Lipinski definition) is 1. The van der Waals surface area contributed by atoms with Gasteiger partial charge in [-0.05, 0) is 217 Å². The van der Waals surface area contributed by atoms with Crippen LogP contribution in [0.2, 0.25) is 0 Å². The predicted molar refractivity (Wildman–Crippen MR) is 304 cm³/mol. The number of halogens is 3. The van der Waals surface area contributed by atoms with Gasteiger partial charge in [0.1, 0.15) is 5.78 Å². The summed E-state index contributed by atoms with van der Waals surface area (Å²) in [6.07, 6.45) is 31.4. The number of fused-ring (bicyclic) bond motifs is 14. The molecule has 10 aliphatic rings. The highest BCUT2D eigenvalue weighted by atomic mass is 128. The summed E-state index contributed by atoms with van der Waals surface area (Å²) < 4.78 is 0. The quantitative estimate of drug-likeness (QED) is 0.194. The van der Waals surface area contributed by atoms with E-state index in [1.165, 1.54) is 109 Å². The molecule has 0 heterocycles. The molecule has 1 N–H and O–H groups in total. The summed E-state index contributed by atoms with van der Waals surface area (Å²) in [5.74, 6) is 4.80. The molecule has 0 spiro atoms. The first-order chi connectivity index (χ1) is 29.4. The van der Waals surface area contributed by atoms with Crippen LogP contribution in [-0.2, 0) is 4.79 Å². The molecule has 0 bridgehead atoms. The highest BCUT2D eigenvalue weighted by Gasteiger charge is 2.70. The minimum Gasteiger partial charge on any atom is -0.393 e. The molecule has 10 aliphatic carbocycles. The molecule has 10 rings (SSSR count). The van der Waals surface area contributed by atoms with Gasteiger partial charge in [0.2, 0.25) is 0 Å². The molecule has 0 radical (unpaired) electrons. The molecule has 6 unspecified atom stereocenters. The van der Waals surface area contributed by atoms with Gasteiger partial charge in [-0.25, -0.2) is 0 Å². The Morgan fingerprint density at radius 2 is 0.892 bits per heavy atom. The zero-order valence-electron chi connectivity index (χ0n) is 44.9. The number of aliphatic hydroxyl groups is 1. The van der Waals surface area contributed by atoms with Gasteiger partial charge in [0, 0.05) is 49.1 Å². The summed E-state index contributed by atoms with van der Waals surface area (Å²) in [5.41, 5.74) is 7.84. The standard InChI is InChI=1S/C30H50O.C30H48O.I2.HI/c2*1-25(2)15-16-27(5)17-18-29(7)20(21(27)19-25)9-10-23-28(6)13-12-24(31)26(3,4)22(28)11-14-30(23,29)8;1-2;/h9,21-24,31H,10-19H2,1-8H3;9,21-23H,10-19H2,1-8H3;;1H/t21?,22?,23?,24-,27+,28-,29+,30+;21?,22?,23?,27-,28+,29-,30-;;/m01../s1. The van der Waals surface area contributed by atoms with Crippen molar-refractivity contribution in [2.75, 3.05) is 0 Å². The zero-order valence-corrected chi connectivity index (χ0v) is 51.5. The SMILES string of the molecule is CC1(C)CC[C@]2(C)CC[C@]3(C)C(=CCC4[C@@]5(C)CCC(=O)C(C)(C)C5CC[C@]43C)C2C1.CC1(C)CC[C@]2(C)CC[C@]3(C)C(=CCC4[C@@]5(C)CC[C@H](O)C(C)(C)C5CC[C@]43C)C2C1.I.II. The Morgan fingerprint density at radius 1 is 0.492 bits per heavy atom. The van der Waals surface area contributed by atoms with Crippen LogP contribution in [0.1, 0.15) is 239 Å². The highest BCUT2D eigenvalue weighted by Crippen LogP contribution is 2.77. The van der Waals surface area contributed by atoms with Crippen molar-refractivity contribution in [2.24, 2.45) is 100 Å². The van der Waals surface area contributed by atoms with Crippen LogP contribution in [0.15, 0.2) is 23.3 Å². The topological polar surface area (TPSA) is 37.3 Å². The molecule has 0 aromatic heterocycles. The molecule has 8 saturated carbocycles. The van der Waals surface area contributed by atoms with Crippen LogP contribution in [-0.4, -0.2) is 17.0 Å². The summed E-state index contributed by atoms with van der Waals surface area (Å²) in [6.45, 7) is 40.6. The molecular formula is C60H99I3O2. The summed E-state index contributed by atoms with van der Waals surface area (Å²) in [6, 6.07) is 0. The van der Waals surface area contributed by atoms with Crippen LogP contribution in [0.25, 0.3) is 0 Å². The lowest BCUT2D eigenvalue weighted by Gasteiger charge is -2.71. The Labute approximate surface area is 442 Å². The van der Waals surface area contributed by atoms with Gasteiger partial charge in [-0.2, -0.15) is 0 Å². The monoisotopic (exact) mass is 1230 g/mol. The minimum absolute atomic E-state index is 0. The van der Waals surface area contributed by atoms with E-state index in [1.807, 2.05) is 11.1 Å². The van der Waals surface area contributed by atoms with Crippen LogP contribution in [0.5, 0.6) is 0 Å². The van der Waals surface area contributed by atoms with Gasteiger partial charge >= 0.3 is 0 Å². The minimum atomic E-state index is -0.141. The lowest BCUT2D eigenvalue weighted by atomic mass is 9.33. The maximum absolute atomic E-state index is 12.9. The fraction of sp³-hybridized carbons (Fsp3) is 0.917. The molecule has 5 heteroatoms. The Morgan fingerprint density at radius 3 is 1.34 bits per heavy atom. The Kier molecular flexibility index (Phi) is 14.3. The van der Waals surface area contributed by atoms with E-state index in [0.29, 0.717) is 71.8 Å². The molecule has 15 atom stereocenters. The summed E-state index contributed by atoms with van der Waals surface area (Å²) in [4.78, 5) is 12.9. The number of carbonyl (C=O) groups excluding carboxylic acids is 1. The van der Waals surface area contributed by atoms with Crippen molar-refractivity contribution in [1.29, 1.82) is 0 Å². The number of allylic oxidation sites excluding steroid dienone is 4. The van der Waals surface area contributed by atoms with Crippen LogP contribution in [0.4, 0.5) is 0 Å². The average Bonchev–Trinajstić information content (AvgIpc) is 3.21. The number of carbonyl (C=O) groups is 1. The van der Waals surface area contributed by atoms with E-state index >= 15 is 0 Å². The van der Waals surface area contributed by atoms with E-state index in [1.54, 1.807) is 0 Å². The molecule has 0 aromatic carbocycles. The van der Waals surface area contributed by atoms with Crippen molar-refractivity contribution in [3.63, 3.8) is 0 Å². The van der Waals surface area contributed by atoms with Crippen LogP contribution >= 0.6 is 61.2 Å². The predicted octanol–water partition coefficient (Wildman–Crippen LogP) is 18.9. The van der Waals surface area contributed by atoms with E-state index in [9.17, 15) is 9.90 Å². The van der Waals surface area contributed by atoms with Crippen molar-refractivity contribution >= 4 is 67.0 Å². The molecule has 0 saturated heterocycles. The van der Waals surface area contributed by atoms with Gasteiger partial charge in [-0.3, -0.25) is 4.79 Å². The van der Waals surface area contributed by atoms with Gasteiger partial charge in [-0.15, -0.1) is 24.0 Å². The first kappa shape index (κ1) is 54.1. The van der Waals surface area contributed by atoms with Crippen LogP contribution < -0.4 is 0 Å². The van der Waals surface area contributed by atoms with Gasteiger partial charge in [0.25, 0.3) is 0 Å². The van der Waals surface area contributed by atoms with Gasteiger partial charge in [-0.1, -0.05) is 134 Å². The lowest BCUT2D eigenvalue weighted by molar-refractivity contribution is -0.202. The van der Waals surface area contributed by atoms with Crippen molar-refractivity contribution < 1.29 is 9.90 Å². The first-order valence-corrected chi connectivity index (χ1v) is 33.4. The molecule has 2 nitrogen and oxygen atoms in total. The Balaban J connectivity index is 0.000000184. The molecule has 8 fully saturated rings. The maximum Gasteiger partial charge on any atom is 0.138 e. The molecule has 0 aliphatic heterocycles. The van der Waals surface area contributed by atoms with Crippen molar-refractivity contribution in [1.82, 2.24) is 0 Å². The number of rotatable bonds is 0. The maximum atomic E-state index is 12.9. The fourth-order valence-corrected chi connectivity index (χ4v) is 20.8. The summed E-state index contributed by atoms with van der Waals surface area (Å²) in [7, 11) is 0. The van der Waals surface area contributed by atoms with Crippen molar-refractivity contribution in [2.45, 2.75) is 245 Å². The second-order valence-electron chi connectivity index (χ2n) is 30.3. The normalized spacial score (nSPS) is 51.6. The number of aliphatic hydroxyl groups excluding tert-OH is 1. The Hall–Kier alpha value is 1.30. The lowest BCUT2D eigenvalue weighted by Crippen LogP contribution is -2.64. The van der Waals surface area contributed by atoms with E-state index < -0.39 is 0 Å². The number of hydrogen-bond acceptors (Lipinski definition) is 2. The molecule has 65 heavy (non-hydrogen) atoms. The van der Waals surface area contributed by atoms with E-state index in [-0.39, 0.29) is 40.9 Å². The third-order valence-electron chi connectivity index (χ3n) is 25.8. The van der Waals surface area contributed by atoms with Gasteiger partial charge < -0.3 is 5.11 Å². The van der Waals surface area contributed by atoms with E-state index in [4.69, 9.17) is 0 Å². The smallest absolute Gasteiger partial charge is 0.138 e. The number of ketones is 1. The second-order valence-corrected chi connectivity index (χ2v) is 30.3. The van der Waals surface area contributed by atoms with Crippen LogP contribution in [0, 0.1) is 100 Å². The fourth-order valence-electron chi connectivity index (χ4n) is 20.8. The van der Waals surface area contributed by atoms with Crippen molar-refractivity contribution in [3.05, 3.63) is 23.3 Å². The third-order valence-corrected chi connectivity index (χ3v) is 25.8. The van der Waals surface area contributed by atoms with E-state index in [2.05, 4.69) is 160 Å². The molecular weight excluding hydrogens is 1130 g/mol. The molecule has 0 amide bonds. The number of Topliss-reactive ketones (excluding diaryl/α,β-unsaturated/α-hetero) is 1. The van der Waals surface area contributed by atoms with Crippen molar-refractivity contribution in [3.8, 4) is 0 Å². The van der Waals surface area contributed by atoms with Crippen LogP contribution in [0.3, 0.4) is 0 Å².